The van der Waals surface area contributed by atoms with Crippen LogP contribution in [0.4, 0.5) is 0 Å². The van der Waals surface area contributed by atoms with Crippen LogP contribution in [-0.4, -0.2) is 21.7 Å². The Morgan fingerprint density at radius 1 is 0.971 bits per heavy atom. The third kappa shape index (κ3) is 3.80. The van der Waals surface area contributed by atoms with Gasteiger partial charge in [-0.25, -0.2) is 9.97 Å². The molecule has 6 atom stereocenters. The largest absolute Gasteiger partial charge is 0.372 e. The summed E-state index contributed by atoms with van der Waals surface area (Å²) in [5.74, 6) is 3.20. The normalized spacial score (nSPS) is 36.7. The minimum atomic E-state index is -0.0531. The van der Waals surface area contributed by atoms with E-state index >= 15 is 0 Å². The predicted octanol–water partition coefficient (Wildman–Crippen LogP) is 8.08. The van der Waals surface area contributed by atoms with Gasteiger partial charge in [0.15, 0.2) is 0 Å². The van der Waals surface area contributed by atoms with Crippen LogP contribution in [0.2, 0.25) is 0 Å². The maximum absolute atomic E-state index is 6.44. The Hall–Kier alpha value is -2.00. The van der Waals surface area contributed by atoms with Crippen molar-refractivity contribution >= 4 is 16.5 Å². The molecule has 4 aliphatic carbocycles. The van der Waals surface area contributed by atoms with E-state index in [1.54, 1.807) is 11.1 Å². The number of rotatable bonds is 2. The van der Waals surface area contributed by atoms with E-state index in [9.17, 15) is 0 Å². The fraction of sp³-hybridized carbons (Fsp3) is 0.625. The van der Waals surface area contributed by atoms with Gasteiger partial charge < -0.3 is 4.74 Å². The Labute approximate surface area is 211 Å². The average molecular weight is 471 g/mol. The first-order chi connectivity index (χ1) is 16.6. The molecule has 1 aromatic heterocycles. The Kier molecular flexibility index (Phi) is 5.35. The van der Waals surface area contributed by atoms with Crippen LogP contribution in [0.5, 0.6) is 0 Å². The van der Waals surface area contributed by atoms with Crippen LogP contribution in [0.1, 0.15) is 91.0 Å². The highest BCUT2D eigenvalue weighted by Gasteiger charge is 2.57. The molecule has 0 amide bonds. The highest BCUT2D eigenvalue weighted by atomic mass is 16.5. The number of aryl methyl sites for hydroxylation is 1. The van der Waals surface area contributed by atoms with E-state index in [-0.39, 0.29) is 11.0 Å². The van der Waals surface area contributed by atoms with Crippen LogP contribution in [0.25, 0.3) is 16.5 Å². The van der Waals surface area contributed by atoms with Crippen molar-refractivity contribution in [2.75, 3.05) is 0 Å². The lowest BCUT2D eigenvalue weighted by Gasteiger charge is -2.58. The second-order valence-corrected chi connectivity index (χ2v) is 13.4. The van der Waals surface area contributed by atoms with Crippen LogP contribution in [0.3, 0.4) is 0 Å². The first-order valence-electron chi connectivity index (χ1n) is 13.9. The molecule has 2 fully saturated rings. The lowest BCUT2D eigenvalue weighted by atomic mass is 9.47. The quantitative estimate of drug-likeness (QED) is 0.416. The standard InChI is InChI=1S/C32H42N2O/c1-20-33-19-22-17-21(7-12-29(22)34-20)26-10-11-27-25-9-8-23-18-24(35-30(2,3)4)13-15-31(23,5)28(25)14-16-32(26,27)6/h7-8,10,12,17,19,24-25,27-28H,9,11,13-16,18H2,1-6H3/t24-,25+,27+,28+,31+,32-/m1/s1. The molecular formula is C32H42N2O. The monoisotopic (exact) mass is 470 g/mol. The van der Waals surface area contributed by atoms with Crippen LogP contribution >= 0.6 is 0 Å². The molecule has 0 radical (unpaired) electrons. The van der Waals surface area contributed by atoms with Gasteiger partial charge in [-0.05, 0) is 124 Å². The second-order valence-electron chi connectivity index (χ2n) is 13.4. The Bertz CT molecular complexity index is 1220. The summed E-state index contributed by atoms with van der Waals surface area (Å²) in [6, 6.07) is 6.82. The number of benzene rings is 1. The number of ether oxygens (including phenoxy) is 1. The van der Waals surface area contributed by atoms with Crippen LogP contribution in [0, 0.1) is 35.5 Å². The van der Waals surface area contributed by atoms with Gasteiger partial charge in [-0.1, -0.05) is 37.6 Å². The molecule has 4 aliphatic rings. The van der Waals surface area contributed by atoms with Crippen molar-refractivity contribution in [2.45, 2.75) is 98.2 Å². The van der Waals surface area contributed by atoms with Gasteiger partial charge in [0.25, 0.3) is 0 Å². The SMILES string of the molecule is Cc1ncc2cc(C3=CC[C@H]4[C@@H]5CC=C6C[C@H](OC(C)(C)C)CC[C@]6(C)[C@H]5CC[C@]34C)ccc2n1. The fourth-order valence-electron chi connectivity index (χ4n) is 8.54. The topological polar surface area (TPSA) is 35.0 Å². The van der Waals surface area contributed by atoms with Gasteiger partial charge in [0.05, 0.1) is 17.2 Å². The second kappa shape index (κ2) is 8.00. The smallest absolute Gasteiger partial charge is 0.125 e. The zero-order valence-corrected chi connectivity index (χ0v) is 22.5. The van der Waals surface area contributed by atoms with E-state index < -0.39 is 0 Å². The highest BCUT2D eigenvalue weighted by Crippen LogP contribution is 2.66. The number of nitrogens with zero attached hydrogens (tertiary/aromatic N) is 2. The van der Waals surface area contributed by atoms with Gasteiger partial charge in [0.1, 0.15) is 5.82 Å². The van der Waals surface area contributed by atoms with Crippen molar-refractivity contribution in [1.29, 1.82) is 0 Å². The van der Waals surface area contributed by atoms with Gasteiger partial charge in [-0.3, -0.25) is 0 Å². The van der Waals surface area contributed by atoms with E-state index in [1.165, 1.54) is 44.1 Å². The van der Waals surface area contributed by atoms with E-state index in [4.69, 9.17) is 4.74 Å². The summed E-state index contributed by atoms with van der Waals surface area (Å²) in [6.07, 6.45) is 16.4. The summed E-state index contributed by atoms with van der Waals surface area (Å²) in [6.45, 7) is 13.7. The summed E-state index contributed by atoms with van der Waals surface area (Å²) < 4.78 is 6.44. The van der Waals surface area contributed by atoms with E-state index in [0.717, 1.165) is 40.9 Å². The lowest BCUT2D eigenvalue weighted by Crippen LogP contribution is -2.50. The van der Waals surface area contributed by atoms with E-state index in [1.807, 2.05) is 13.1 Å². The number of hydrogen-bond acceptors (Lipinski definition) is 3. The molecule has 6 rings (SSSR count). The minimum absolute atomic E-state index is 0.0531. The van der Waals surface area contributed by atoms with Crippen molar-refractivity contribution in [1.82, 2.24) is 9.97 Å². The molecule has 3 heteroatoms. The molecule has 3 nitrogen and oxygen atoms in total. The highest BCUT2D eigenvalue weighted by molar-refractivity contribution is 5.84. The molecule has 0 N–H and O–H groups in total. The Morgan fingerprint density at radius 2 is 1.77 bits per heavy atom. The first kappa shape index (κ1) is 23.4. The number of fused-ring (bicyclic) bond motifs is 6. The van der Waals surface area contributed by atoms with Crippen molar-refractivity contribution in [3.05, 3.63) is 53.5 Å². The molecule has 2 saturated carbocycles. The molecule has 1 heterocycles. The summed E-state index contributed by atoms with van der Waals surface area (Å²) in [5, 5.41) is 1.15. The van der Waals surface area contributed by atoms with Gasteiger partial charge in [0, 0.05) is 11.6 Å². The predicted molar refractivity (Wildman–Crippen MR) is 144 cm³/mol. The van der Waals surface area contributed by atoms with Gasteiger partial charge in [-0.15, -0.1) is 0 Å². The maximum atomic E-state index is 6.44. The number of hydrogen-bond donors (Lipinski definition) is 0. The summed E-state index contributed by atoms with van der Waals surface area (Å²) in [7, 11) is 0. The first-order valence-corrected chi connectivity index (χ1v) is 13.9. The molecule has 1 aromatic carbocycles. The van der Waals surface area contributed by atoms with Gasteiger partial charge in [-0.2, -0.15) is 0 Å². The Morgan fingerprint density at radius 3 is 2.57 bits per heavy atom. The van der Waals surface area contributed by atoms with Crippen molar-refractivity contribution in [3.8, 4) is 0 Å². The van der Waals surface area contributed by atoms with Crippen LogP contribution in [0.15, 0.2) is 42.1 Å². The maximum Gasteiger partial charge on any atom is 0.125 e. The van der Waals surface area contributed by atoms with Gasteiger partial charge >= 0.3 is 0 Å². The lowest BCUT2D eigenvalue weighted by molar-refractivity contribution is -0.0894. The molecular weight excluding hydrogens is 428 g/mol. The third-order valence-corrected chi connectivity index (χ3v) is 10.2. The molecule has 0 bridgehead atoms. The average Bonchev–Trinajstić information content (AvgIpc) is 3.15. The molecule has 2 aromatic rings. The number of aromatic nitrogens is 2. The van der Waals surface area contributed by atoms with Gasteiger partial charge in [0.2, 0.25) is 0 Å². The molecule has 0 unspecified atom stereocenters. The van der Waals surface area contributed by atoms with E-state index in [0.29, 0.717) is 11.5 Å². The summed E-state index contributed by atoms with van der Waals surface area (Å²) in [5.41, 5.74) is 6.30. The van der Waals surface area contributed by atoms with Crippen LogP contribution < -0.4 is 0 Å². The van der Waals surface area contributed by atoms with Crippen molar-refractivity contribution in [3.63, 3.8) is 0 Å². The molecule has 186 valence electrons. The molecule has 0 spiro atoms. The molecule has 35 heavy (non-hydrogen) atoms. The van der Waals surface area contributed by atoms with Crippen LogP contribution in [-0.2, 0) is 4.74 Å². The van der Waals surface area contributed by atoms with E-state index in [2.05, 4.69) is 74.9 Å². The number of allylic oxidation sites excluding steroid dienone is 3. The fourth-order valence-corrected chi connectivity index (χ4v) is 8.54. The van der Waals surface area contributed by atoms with Crippen molar-refractivity contribution in [2.24, 2.45) is 28.6 Å². The summed E-state index contributed by atoms with van der Waals surface area (Å²) in [4.78, 5) is 9.07. The summed E-state index contributed by atoms with van der Waals surface area (Å²) >= 11 is 0. The molecule has 0 saturated heterocycles. The zero-order valence-electron chi connectivity index (χ0n) is 22.5. The van der Waals surface area contributed by atoms with Crippen molar-refractivity contribution < 1.29 is 4.74 Å². The third-order valence-electron chi connectivity index (χ3n) is 10.2. The minimum Gasteiger partial charge on any atom is -0.372 e. The Balaban J connectivity index is 1.26. The molecule has 0 aliphatic heterocycles. The zero-order chi connectivity index (χ0) is 24.6.